The Morgan fingerprint density at radius 3 is 2.55 bits per heavy atom. The molecule has 0 bridgehead atoms. The van der Waals surface area contributed by atoms with Crippen molar-refractivity contribution in [3.05, 3.63) is 15.9 Å². The van der Waals surface area contributed by atoms with Crippen LogP contribution < -0.4 is 5.32 Å². The van der Waals surface area contributed by atoms with Gasteiger partial charge in [-0.2, -0.15) is 18.3 Å². The fraction of sp³-hybridized carbons (Fsp3) is 0.667. The average molecular weight is 356 g/mol. The van der Waals surface area contributed by atoms with Gasteiger partial charge in [-0.05, 0) is 36.2 Å². The molecule has 114 valence electrons. The molecular weight excluding hydrogens is 339 g/mol. The summed E-state index contributed by atoms with van der Waals surface area (Å²) in [5.74, 6) is -0.342. The summed E-state index contributed by atoms with van der Waals surface area (Å²) in [6.07, 6.45) is -2.79. The zero-order valence-corrected chi connectivity index (χ0v) is 13.1. The fourth-order valence-corrected chi connectivity index (χ4v) is 2.19. The molecule has 0 spiro atoms. The summed E-state index contributed by atoms with van der Waals surface area (Å²) < 4.78 is 39.2. The second kappa shape index (κ2) is 6.60. The molecule has 1 N–H and O–H groups in total. The summed E-state index contributed by atoms with van der Waals surface area (Å²) in [4.78, 5) is 11.9. The first-order valence-corrected chi connectivity index (χ1v) is 7.09. The third kappa shape index (κ3) is 3.74. The molecule has 1 amide bonds. The number of amides is 1. The lowest BCUT2D eigenvalue weighted by Gasteiger charge is -2.14. The Balaban J connectivity index is 2.94. The van der Waals surface area contributed by atoms with Crippen molar-refractivity contribution >= 4 is 21.8 Å². The number of carbonyl (C=O) groups is 1. The molecule has 0 aromatic carbocycles. The van der Waals surface area contributed by atoms with Crippen LogP contribution in [0.2, 0.25) is 0 Å². The molecule has 0 aliphatic carbocycles. The molecule has 1 rings (SSSR count). The third-order valence-corrected chi connectivity index (χ3v) is 3.87. The Morgan fingerprint density at radius 2 is 2.10 bits per heavy atom. The zero-order valence-electron chi connectivity index (χ0n) is 11.5. The molecule has 20 heavy (non-hydrogen) atoms. The highest BCUT2D eigenvalue weighted by atomic mass is 79.9. The first-order valence-electron chi connectivity index (χ1n) is 6.29. The number of halogens is 4. The smallest absolute Gasteiger partial charge is 0.354 e. The van der Waals surface area contributed by atoms with Crippen molar-refractivity contribution < 1.29 is 18.0 Å². The van der Waals surface area contributed by atoms with Gasteiger partial charge in [-0.1, -0.05) is 13.3 Å². The van der Waals surface area contributed by atoms with E-state index >= 15 is 0 Å². The van der Waals surface area contributed by atoms with E-state index in [4.69, 9.17) is 0 Å². The molecule has 1 heterocycles. The van der Waals surface area contributed by atoms with Gasteiger partial charge in [-0.15, -0.1) is 0 Å². The highest BCUT2D eigenvalue weighted by molar-refractivity contribution is 9.10. The first-order chi connectivity index (χ1) is 9.20. The molecule has 0 saturated heterocycles. The van der Waals surface area contributed by atoms with Gasteiger partial charge in [0, 0.05) is 6.54 Å². The van der Waals surface area contributed by atoms with Gasteiger partial charge in [0.15, 0.2) is 5.69 Å². The third-order valence-electron chi connectivity index (χ3n) is 2.92. The second-order valence-corrected chi connectivity index (χ2v) is 5.30. The maximum atomic E-state index is 12.7. The van der Waals surface area contributed by atoms with E-state index in [0.29, 0.717) is 6.54 Å². The van der Waals surface area contributed by atoms with Crippen LogP contribution in [0.15, 0.2) is 4.47 Å². The highest BCUT2D eigenvalue weighted by Crippen LogP contribution is 2.36. The largest absolute Gasteiger partial charge is 0.436 e. The van der Waals surface area contributed by atoms with Gasteiger partial charge >= 0.3 is 6.18 Å². The minimum Gasteiger partial charge on any atom is -0.354 e. The van der Waals surface area contributed by atoms with E-state index in [1.165, 1.54) is 13.8 Å². The predicted molar refractivity (Wildman–Crippen MR) is 72.3 cm³/mol. The lowest BCUT2D eigenvalue weighted by atomic mass is 10.3. The molecule has 4 nitrogen and oxygen atoms in total. The molecule has 0 fully saturated rings. The number of alkyl halides is 3. The molecule has 1 aromatic heterocycles. The first kappa shape index (κ1) is 17.0. The predicted octanol–water partition coefficient (Wildman–Crippen LogP) is 3.45. The van der Waals surface area contributed by atoms with Crippen molar-refractivity contribution in [3.8, 4) is 0 Å². The maximum absolute atomic E-state index is 12.7. The molecule has 0 aliphatic rings. The standard InChI is InChI=1S/C12H17BrF3N3O/c1-4-5-6-17-11(20)8(3)19-7(2)9(13)10(18-19)12(14,15)16/h8H,4-6H2,1-3H3,(H,17,20). The van der Waals surface area contributed by atoms with Crippen molar-refractivity contribution in [1.82, 2.24) is 15.1 Å². The van der Waals surface area contributed by atoms with Gasteiger partial charge in [0.2, 0.25) is 5.91 Å². The topological polar surface area (TPSA) is 46.9 Å². The Labute approximate surface area is 123 Å². The van der Waals surface area contributed by atoms with Crippen LogP contribution in [-0.2, 0) is 11.0 Å². The monoisotopic (exact) mass is 355 g/mol. The van der Waals surface area contributed by atoms with Gasteiger partial charge in [0.25, 0.3) is 0 Å². The number of unbranched alkanes of at least 4 members (excludes halogenated alkanes) is 1. The van der Waals surface area contributed by atoms with Gasteiger partial charge in [-0.25, -0.2) is 0 Å². The van der Waals surface area contributed by atoms with Crippen LogP contribution in [0, 0.1) is 6.92 Å². The van der Waals surface area contributed by atoms with Gasteiger partial charge in [0.1, 0.15) is 6.04 Å². The van der Waals surface area contributed by atoms with Crippen LogP contribution in [-0.4, -0.2) is 22.2 Å². The van der Waals surface area contributed by atoms with E-state index in [2.05, 4.69) is 26.3 Å². The molecule has 0 radical (unpaired) electrons. The molecular formula is C12H17BrF3N3O. The molecule has 1 aromatic rings. The quantitative estimate of drug-likeness (QED) is 0.822. The average Bonchev–Trinajstić information content (AvgIpc) is 2.65. The van der Waals surface area contributed by atoms with E-state index in [-0.39, 0.29) is 16.1 Å². The van der Waals surface area contributed by atoms with Crippen LogP contribution in [0.3, 0.4) is 0 Å². The van der Waals surface area contributed by atoms with E-state index < -0.39 is 17.9 Å². The molecule has 1 atom stereocenters. The minimum absolute atomic E-state index is 0.127. The Morgan fingerprint density at radius 1 is 1.50 bits per heavy atom. The summed E-state index contributed by atoms with van der Waals surface area (Å²) in [5, 5.41) is 6.19. The summed E-state index contributed by atoms with van der Waals surface area (Å²) >= 11 is 2.88. The summed E-state index contributed by atoms with van der Waals surface area (Å²) in [5.41, 5.74) is -0.737. The number of aromatic nitrogens is 2. The normalized spacial score (nSPS) is 13.3. The van der Waals surface area contributed by atoms with E-state index in [9.17, 15) is 18.0 Å². The van der Waals surface area contributed by atoms with Crippen molar-refractivity contribution in [2.75, 3.05) is 6.54 Å². The van der Waals surface area contributed by atoms with Crippen molar-refractivity contribution in [1.29, 1.82) is 0 Å². The van der Waals surface area contributed by atoms with Crippen LogP contribution in [0.5, 0.6) is 0 Å². The number of nitrogens with one attached hydrogen (secondary N) is 1. The van der Waals surface area contributed by atoms with E-state index in [1.54, 1.807) is 0 Å². The Hall–Kier alpha value is -1.05. The number of carbonyl (C=O) groups excluding carboxylic acids is 1. The second-order valence-electron chi connectivity index (χ2n) is 4.51. The van der Waals surface area contributed by atoms with Crippen LogP contribution in [0.25, 0.3) is 0 Å². The van der Waals surface area contributed by atoms with Crippen molar-refractivity contribution in [3.63, 3.8) is 0 Å². The molecule has 1 unspecified atom stereocenters. The Kier molecular flexibility index (Phi) is 5.61. The number of hydrogen-bond donors (Lipinski definition) is 1. The Bertz CT molecular complexity index is 485. The van der Waals surface area contributed by atoms with E-state index in [1.807, 2.05) is 6.92 Å². The summed E-state index contributed by atoms with van der Waals surface area (Å²) in [6, 6.07) is -0.792. The highest BCUT2D eigenvalue weighted by Gasteiger charge is 2.38. The zero-order chi connectivity index (χ0) is 15.5. The van der Waals surface area contributed by atoms with Crippen LogP contribution >= 0.6 is 15.9 Å². The van der Waals surface area contributed by atoms with Crippen LogP contribution in [0.1, 0.15) is 44.1 Å². The molecule has 0 aliphatic heterocycles. The number of hydrogen-bond acceptors (Lipinski definition) is 2. The molecule has 0 saturated carbocycles. The maximum Gasteiger partial charge on any atom is 0.436 e. The van der Waals surface area contributed by atoms with Crippen LogP contribution in [0.4, 0.5) is 13.2 Å². The molecule has 8 heteroatoms. The van der Waals surface area contributed by atoms with Gasteiger partial charge in [0.05, 0.1) is 10.2 Å². The number of nitrogens with zero attached hydrogens (tertiary/aromatic N) is 2. The number of rotatable bonds is 5. The fourth-order valence-electron chi connectivity index (χ4n) is 1.70. The summed E-state index contributed by atoms with van der Waals surface area (Å²) in [7, 11) is 0. The lowest BCUT2D eigenvalue weighted by Crippen LogP contribution is -2.32. The van der Waals surface area contributed by atoms with Gasteiger partial charge in [-0.3, -0.25) is 9.48 Å². The van der Waals surface area contributed by atoms with Crippen molar-refractivity contribution in [2.24, 2.45) is 0 Å². The SMILES string of the molecule is CCCCNC(=O)C(C)n1nc(C(F)(F)F)c(Br)c1C. The van der Waals surface area contributed by atoms with Crippen molar-refractivity contribution in [2.45, 2.75) is 45.8 Å². The summed E-state index contributed by atoms with van der Waals surface area (Å²) in [6.45, 7) is 5.50. The van der Waals surface area contributed by atoms with E-state index in [0.717, 1.165) is 17.5 Å². The lowest BCUT2D eigenvalue weighted by molar-refractivity contribution is -0.142. The minimum atomic E-state index is -4.55. The van der Waals surface area contributed by atoms with Gasteiger partial charge < -0.3 is 5.32 Å².